The number of amides is 1. The van der Waals surface area contributed by atoms with E-state index in [1.54, 1.807) is 0 Å². The number of anilines is 1. The Morgan fingerprint density at radius 1 is 1.43 bits per heavy atom. The highest BCUT2D eigenvalue weighted by molar-refractivity contribution is 14.1. The molecule has 76 valence electrons. The van der Waals surface area contributed by atoms with Crippen LogP contribution >= 0.6 is 22.6 Å². The molecular formula is C11H14INO. The van der Waals surface area contributed by atoms with E-state index in [4.69, 9.17) is 0 Å². The zero-order chi connectivity index (χ0) is 10.7. The fraction of sp³-hybridized carbons (Fsp3) is 0.364. The van der Waals surface area contributed by atoms with Crippen molar-refractivity contribution in [2.75, 3.05) is 5.32 Å². The van der Waals surface area contributed by atoms with Crippen molar-refractivity contribution in [3.63, 3.8) is 0 Å². The van der Waals surface area contributed by atoms with Gasteiger partial charge in [-0.2, -0.15) is 0 Å². The Balaban J connectivity index is 2.82. The molecule has 0 unspecified atom stereocenters. The topological polar surface area (TPSA) is 29.1 Å². The summed E-state index contributed by atoms with van der Waals surface area (Å²) in [6.45, 7) is 5.77. The zero-order valence-corrected chi connectivity index (χ0v) is 10.8. The quantitative estimate of drug-likeness (QED) is 0.835. The summed E-state index contributed by atoms with van der Waals surface area (Å²) >= 11 is 2.26. The molecule has 1 amide bonds. The van der Waals surface area contributed by atoms with E-state index in [-0.39, 0.29) is 11.8 Å². The first kappa shape index (κ1) is 11.5. The summed E-state index contributed by atoms with van der Waals surface area (Å²) in [4.78, 5) is 11.4. The molecule has 3 heteroatoms. The van der Waals surface area contributed by atoms with Gasteiger partial charge in [-0.1, -0.05) is 13.8 Å². The second-order valence-electron chi connectivity index (χ2n) is 3.60. The zero-order valence-electron chi connectivity index (χ0n) is 8.60. The van der Waals surface area contributed by atoms with Crippen molar-refractivity contribution < 1.29 is 4.79 Å². The highest BCUT2D eigenvalue weighted by atomic mass is 127. The number of nitrogens with one attached hydrogen (secondary N) is 1. The van der Waals surface area contributed by atoms with Crippen LogP contribution in [0.4, 0.5) is 5.69 Å². The first-order valence-corrected chi connectivity index (χ1v) is 5.65. The van der Waals surface area contributed by atoms with Crippen LogP contribution in [0.1, 0.15) is 19.4 Å². The number of hydrogen-bond donors (Lipinski definition) is 1. The number of hydrogen-bond acceptors (Lipinski definition) is 1. The molecule has 1 aromatic rings. The van der Waals surface area contributed by atoms with Crippen LogP contribution in [0.25, 0.3) is 0 Å². The van der Waals surface area contributed by atoms with E-state index in [1.165, 1.54) is 3.57 Å². The molecule has 1 N–H and O–H groups in total. The number of carbonyl (C=O) groups is 1. The summed E-state index contributed by atoms with van der Waals surface area (Å²) < 4.78 is 1.18. The average molecular weight is 303 g/mol. The number of aryl methyl sites for hydroxylation is 1. The molecule has 0 radical (unpaired) electrons. The third-order valence-corrected chi connectivity index (χ3v) is 2.64. The summed E-state index contributed by atoms with van der Waals surface area (Å²) in [5.41, 5.74) is 2.01. The lowest BCUT2D eigenvalue weighted by molar-refractivity contribution is -0.118. The van der Waals surface area contributed by atoms with E-state index >= 15 is 0 Å². The summed E-state index contributed by atoms with van der Waals surface area (Å²) in [5.74, 6) is 0.0861. The Kier molecular flexibility index (Phi) is 3.92. The van der Waals surface area contributed by atoms with Gasteiger partial charge in [0.1, 0.15) is 0 Å². The van der Waals surface area contributed by atoms with Gasteiger partial charge >= 0.3 is 0 Å². The van der Waals surface area contributed by atoms with E-state index in [9.17, 15) is 4.79 Å². The molecule has 1 rings (SSSR count). The van der Waals surface area contributed by atoms with Crippen LogP contribution < -0.4 is 5.32 Å². The molecule has 0 heterocycles. The fourth-order valence-corrected chi connectivity index (χ4v) is 1.69. The molecular weight excluding hydrogens is 289 g/mol. The molecule has 0 aliphatic carbocycles. The Labute approximate surface area is 98.2 Å². The van der Waals surface area contributed by atoms with Crippen molar-refractivity contribution in [3.05, 3.63) is 27.3 Å². The highest BCUT2D eigenvalue weighted by Crippen LogP contribution is 2.18. The molecule has 0 fully saturated rings. The van der Waals surface area contributed by atoms with Crippen LogP contribution in [0.5, 0.6) is 0 Å². The Morgan fingerprint density at radius 2 is 2.07 bits per heavy atom. The Hall–Kier alpha value is -0.580. The van der Waals surface area contributed by atoms with E-state index in [2.05, 4.69) is 34.0 Å². The number of benzene rings is 1. The number of rotatable bonds is 2. The molecule has 0 spiro atoms. The predicted molar refractivity (Wildman–Crippen MR) is 67.4 cm³/mol. The maximum absolute atomic E-state index is 11.4. The molecule has 14 heavy (non-hydrogen) atoms. The molecule has 0 aromatic heterocycles. The van der Waals surface area contributed by atoms with Gasteiger partial charge in [0.2, 0.25) is 5.91 Å². The van der Waals surface area contributed by atoms with Crippen LogP contribution in [0.2, 0.25) is 0 Å². The van der Waals surface area contributed by atoms with Crippen LogP contribution in [0.3, 0.4) is 0 Å². The number of halogens is 1. The summed E-state index contributed by atoms with van der Waals surface area (Å²) in [7, 11) is 0. The first-order valence-electron chi connectivity index (χ1n) is 4.57. The largest absolute Gasteiger partial charge is 0.326 e. The minimum absolute atomic E-state index is 0.0219. The average Bonchev–Trinajstić information content (AvgIpc) is 2.09. The molecule has 1 aromatic carbocycles. The van der Waals surface area contributed by atoms with Crippen molar-refractivity contribution in [2.45, 2.75) is 20.8 Å². The lowest BCUT2D eigenvalue weighted by Gasteiger charge is -2.10. The first-order chi connectivity index (χ1) is 6.50. The summed E-state index contributed by atoms with van der Waals surface area (Å²) in [6, 6.07) is 5.98. The third-order valence-electron chi connectivity index (χ3n) is 1.97. The van der Waals surface area contributed by atoms with Gasteiger partial charge in [-0.25, -0.2) is 0 Å². The van der Waals surface area contributed by atoms with Gasteiger partial charge in [-0.15, -0.1) is 0 Å². The molecule has 0 bridgehead atoms. The van der Waals surface area contributed by atoms with Crippen molar-refractivity contribution in [1.29, 1.82) is 0 Å². The van der Waals surface area contributed by atoms with Gasteiger partial charge in [0, 0.05) is 15.2 Å². The van der Waals surface area contributed by atoms with Crippen molar-refractivity contribution >= 4 is 34.2 Å². The normalized spacial score (nSPS) is 10.4. The Bertz CT molecular complexity index is 347. The minimum Gasteiger partial charge on any atom is -0.326 e. The van der Waals surface area contributed by atoms with Crippen LogP contribution in [0, 0.1) is 16.4 Å². The molecule has 0 aliphatic rings. The lowest BCUT2D eigenvalue weighted by atomic mass is 10.1. The van der Waals surface area contributed by atoms with Gasteiger partial charge in [-0.3, -0.25) is 4.79 Å². The van der Waals surface area contributed by atoms with E-state index < -0.39 is 0 Å². The predicted octanol–water partition coefficient (Wildman–Crippen LogP) is 3.19. The van der Waals surface area contributed by atoms with Crippen LogP contribution in [-0.2, 0) is 4.79 Å². The van der Waals surface area contributed by atoms with Gasteiger partial charge in [0.25, 0.3) is 0 Å². The maximum atomic E-state index is 11.4. The fourth-order valence-electron chi connectivity index (χ4n) is 1.04. The van der Waals surface area contributed by atoms with Gasteiger partial charge in [-0.05, 0) is 53.3 Å². The highest BCUT2D eigenvalue weighted by Gasteiger charge is 2.08. The third kappa shape index (κ3) is 2.97. The molecule has 0 saturated carbocycles. The van der Waals surface area contributed by atoms with E-state index in [1.807, 2.05) is 32.9 Å². The van der Waals surface area contributed by atoms with Crippen LogP contribution in [0.15, 0.2) is 18.2 Å². The van der Waals surface area contributed by atoms with Crippen LogP contribution in [-0.4, -0.2) is 5.91 Å². The molecule has 0 saturated heterocycles. The Morgan fingerprint density at radius 3 is 2.57 bits per heavy atom. The minimum atomic E-state index is 0.0219. The van der Waals surface area contributed by atoms with E-state index in [0.29, 0.717) is 0 Å². The summed E-state index contributed by atoms with van der Waals surface area (Å²) in [5, 5.41) is 2.89. The van der Waals surface area contributed by atoms with Crippen molar-refractivity contribution in [2.24, 2.45) is 5.92 Å². The van der Waals surface area contributed by atoms with Gasteiger partial charge < -0.3 is 5.32 Å². The standard InChI is InChI=1S/C11H14INO/c1-7(2)11(14)13-10-5-4-9(12)6-8(10)3/h4-7H,1-3H3,(H,13,14). The number of carbonyl (C=O) groups excluding carboxylic acids is 1. The smallest absolute Gasteiger partial charge is 0.226 e. The second kappa shape index (κ2) is 4.77. The molecule has 2 nitrogen and oxygen atoms in total. The monoisotopic (exact) mass is 303 g/mol. The van der Waals surface area contributed by atoms with Crippen molar-refractivity contribution in [1.82, 2.24) is 0 Å². The lowest BCUT2D eigenvalue weighted by Crippen LogP contribution is -2.18. The van der Waals surface area contributed by atoms with E-state index in [0.717, 1.165) is 11.3 Å². The SMILES string of the molecule is Cc1cc(I)ccc1NC(=O)C(C)C. The van der Waals surface area contributed by atoms with Gasteiger partial charge in [0.05, 0.1) is 0 Å². The summed E-state index contributed by atoms with van der Waals surface area (Å²) in [6.07, 6.45) is 0. The van der Waals surface area contributed by atoms with Crippen molar-refractivity contribution in [3.8, 4) is 0 Å². The molecule has 0 atom stereocenters. The van der Waals surface area contributed by atoms with Gasteiger partial charge in [0.15, 0.2) is 0 Å². The molecule has 0 aliphatic heterocycles. The maximum Gasteiger partial charge on any atom is 0.226 e. The second-order valence-corrected chi connectivity index (χ2v) is 4.85.